The molecule has 0 heterocycles. The maximum absolute atomic E-state index is 15.8. The van der Waals surface area contributed by atoms with Crippen molar-refractivity contribution in [3.63, 3.8) is 0 Å². The highest BCUT2D eigenvalue weighted by Crippen LogP contribution is 2.45. The molecule has 0 saturated heterocycles. The van der Waals surface area contributed by atoms with Crippen molar-refractivity contribution in [3.8, 4) is 5.75 Å². The number of halogens is 8. The van der Waals surface area contributed by atoms with Crippen LogP contribution in [0.4, 0.5) is 35.1 Å². The van der Waals surface area contributed by atoms with Crippen LogP contribution in [-0.2, 0) is 25.7 Å². The fraction of sp³-hybridized carbons (Fsp3) is 0.486. The summed E-state index contributed by atoms with van der Waals surface area (Å²) in [6, 6.07) is 8.69. The highest BCUT2D eigenvalue weighted by molar-refractivity contribution is 5.40. The normalized spacial score (nSPS) is 20.4. The topological polar surface area (TPSA) is 9.23 Å². The van der Waals surface area contributed by atoms with Gasteiger partial charge in [-0.2, -0.15) is 4.39 Å². The summed E-state index contributed by atoms with van der Waals surface area (Å²) in [6.07, 6.45) is 1.99. The first-order chi connectivity index (χ1) is 20.9. The molecule has 1 saturated carbocycles. The Morgan fingerprint density at radius 3 is 2.18 bits per heavy atom. The third-order valence-corrected chi connectivity index (χ3v) is 9.39. The second-order valence-corrected chi connectivity index (χ2v) is 12.3. The number of fused-ring (bicyclic) bond motifs is 1. The van der Waals surface area contributed by atoms with E-state index in [0.29, 0.717) is 61.6 Å². The van der Waals surface area contributed by atoms with E-state index in [1.807, 2.05) is 12.1 Å². The first-order valence-electron chi connectivity index (χ1n) is 15.5. The Balaban J connectivity index is 1.21. The second-order valence-electron chi connectivity index (χ2n) is 12.3. The van der Waals surface area contributed by atoms with Gasteiger partial charge in [0.25, 0.3) is 0 Å². The number of unbranched alkanes of at least 4 members (excludes halogenated alkanes) is 1. The molecule has 0 aliphatic heterocycles. The van der Waals surface area contributed by atoms with Gasteiger partial charge in [0, 0.05) is 5.56 Å². The lowest BCUT2D eigenvalue weighted by molar-refractivity contribution is -0.275. The standard InChI is InChI=1S/C35H36F8O/c1-2-3-4-20-5-8-23(28(36)18-20)9-6-21-7-14-27-25(17-21)19-29(37)31(32(27)38)24-12-10-22(11-13-24)26-15-16-30(34(40)33(26)39)44-35(41,42)43/h5,8,15-16,18-19,21-22,24H,2-4,6-7,9-14,17H2,1H3. The average molecular weight is 625 g/mol. The van der Waals surface area contributed by atoms with Gasteiger partial charge in [-0.3, -0.25) is 0 Å². The van der Waals surface area contributed by atoms with E-state index in [-0.39, 0.29) is 22.9 Å². The lowest BCUT2D eigenvalue weighted by Gasteiger charge is -2.32. The van der Waals surface area contributed by atoms with Crippen LogP contribution < -0.4 is 4.74 Å². The van der Waals surface area contributed by atoms with Crippen molar-refractivity contribution >= 4 is 0 Å². The fourth-order valence-electron chi connectivity index (χ4n) is 7.01. The van der Waals surface area contributed by atoms with Crippen molar-refractivity contribution in [3.05, 3.63) is 98.9 Å². The minimum Gasteiger partial charge on any atom is -0.403 e. The van der Waals surface area contributed by atoms with Crippen LogP contribution in [0.2, 0.25) is 0 Å². The molecule has 9 heteroatoms. The molecule has 1 fully saturated rings. The van der Waals surface area contributed by atoms with Gasteiger partial charge in [-0.05, 0) is 134 Å². The molecule has 3 aromatic carbocycles. The van der Waals surface area contributed by atoms with Crippen LogP contribution in [0.25, 0.3) is 0 Å². The molecule has 44 heavy (non-hydrogen) atoms. The largest absolute Gasteiger partial charge is 0.573 e. The molecule has 0 radical (unpaired) electrons. The minimum atomic E-state index is -5.16. The number of aryl methyl sites for hydroxylation is 2. The number of alkyl halides is 3. The zero-order valence-electron chi connectivity index (χ0n) is 24.6. The molecular weight excluding hydrogens is 588 g/mol. The van der Waals surface area contributed by atoms with Gasteiger partial charge < -0.3 is 4.74 Å². The summed E-state index contributed by atoms with van der Waals surface area (Å²) < 4.78 is 116. The molecule has 5 rings (SSSR count). The average Bonchev–Trinajstić information content (AvgIpc) is 2.98. The van der Waals surface area contributed by atoms with Crippen LogP contribution in [-0.4, -0.2) is 6.36 Å². The Morgan fingerprint density at radius 1 is 0.773 bits per heavy atom. The second kappa shape index (κ2) is 13.5. The van der Waals surface area contributed by atoms with Gasteiger partial charge in [0.15, 0.2) is 11.6 Å². The van der Waals surface area contributed by atoms with Crippen LogP contribution in [0.15, 0.2) is 36.4 Å². The Labute approximate surface area is 252 Å². The molecule has 0 bridgehead atoms. The van der Waals surface area contributed by atoms with E-state index in [4.69, 9.17) is 0 Å². The Morgan fingerprint density at radius 2 is 1.50 bits per heavy atom. The van der Waals surface area contributed by atoms with E-state index in [0.717, 1.165) is 49.8 Å². The summed E-state index contributed by atoms with van der Waals surface area (Å²) in [7, 11) is 0. The van der Waals surface area contributed by atoms with E-state index in [1.165, 1.54) is 6.07 Å². The zero-order valence-corrected chi connectivity index (χ0v) is 24.6. The van der Waals surface area contributed by atoms with Gasteiger partial charge in [0.05, 0.1) is 0 Å². The molecule has 1 nitrogen and oxygen atoms in total. The Kier molecular flexibility index (Phi) is 9.90. The smallest absolute Gasteiger partial charge is 0.403 e. The highest BCUT2D eigenvalue weighted by Gasteiger charge is 2.35. The van der Waals surface area contributed by atoms with Gasteiger partial charge in [-0.15, -0.1) is 13.2 Å². The third-order valence-electron chi connectivity index (χ3n) is 9.39. The number of hydrogen-bond acceptors (Lipinski definition) is 1. The van der Waals surface area contributed by atoms with Crippen molar-refractivity contribution in [2.24, 2.45) is 5.92 Å². The van der Waals surface area contributed by atoms with Gasteiger partial charge in [0.1, 0.15) is 17.5 Å². The van der Waals surface area contributed by atoms with E-state index < -0.39 is 47.2 Å². The van der Waals surface area contributed by atoms with Crippen molar-refractivity contribution in [1.29, 1.82) is 0 Å². The molecular formula is C35H36F8O. The molecule has 3 aromatic rings. The lowest BCUT2D eigenvalue weighted by atomic mass is 9.74. The predicted molar refractivity (Wildman–Crippen MR) is 152 cm³/mol. The van der Waals surface area contributed by atoms with E-state index in [2.05, 4.69) is 11.7 Å². The van der Waals surface area contributed by atoms with Crippen LogP contribution in [0.3, 0.4) is 0 Å². The van der Waals surface area contributed by atoms with Crippen molar-refractivity contribution < 1.29 is 39.9 Å². The van der Waals surface area contributed by atoms with Crippen LogP contribution >= 0.6 is 0 Å². The fourth-order valence-corrected chi connectivity index (χ4v) is 7.01. The molecule has 0 N–H and O–H groups in total. The van der Waals surface area contributed by atoms with Crippen molar-refractivity contribution in [2.45, 2.75) is 102 Å². The molecule has 0 spiro atoms. The van der Waals surface area contributed by atoms with Gasteiger partial charge in [0.2, 0.25) is 5.82 Å². The van der Waals surface area contributed by atoms with Crippen LogP contribution in [0.1, 0.15) is 104 Å². The summed E-state index contributed by atoms with van der Waals surface area (Å²) in [5, 5.41) is 0. The molecule has 238 valence electrons. The van der Waals surface area contributed by atoms with Crippen molar-refractivity contribution in [2.75, 3.05) is 0 Å². The van der Waals surface area contributed by atoms with Gasteiger partial charge >= 0.3 is 6.36 Å². The van der Waals surface area contributed by atoms with E-state index in [1.54, 1.807) is 6.07 Å². The molecule has 0 amide bonds. The molecule has 0 aromatic heterocycles. The van der Waals surface area contributed by atoms with Gasteiger partial charge in [-0.1, -0.05) is 31.5 Å². The first kappa shape index (κ1) is 32.3. The molecule has 2 aliphatic rings. The number of hydrogen-bond donors (Lipinski definition) is 0. The quantitative estimate of drug-likeness (QED) is 0.215. The third kappa shape index (κ3) is 7.23. The molecule has 1 unspecified atom stereocenters. The zero-order chi connectivity index (χ0) is 31.6. The number of rotatable bonds is 9. The SMILES string of the molecule is CCCCc1ccc(CCC2CCc3c(cc(F)c(C4CCC(c5ccc(OC(F)(F)F)c(F)c5F)CC4)c3F)C2)c(F)c1. The summed E-state index contributed by atoms with van der Waals surface area (Å²) in [4.78, 5) is 0. The Hall–Kier alpha value is -3.10. The van der Waals surface area contributed by atoms with Crippen LogP contribution in [0, 0.1) is 35.0 Å². The maximum atomic E-state index is 15.8. The summed E-state index contributed by atoms with van der Waals surface area (Å²) in [6.45, 7) is 2.10. The Bertz CT molecular complexity index is 1470. The minimum absolute atomic E-state index is 0.0199. The first-order valence-corrected chi connectivity index (χ1v) is 15.5. The lowest BCUT2D eigenvalue weighted by Crippen LogP contribution is -2.21. The van der Waals surface area contributed by atoms with Crippen molar-refractivity contribution in [1.82, 2.24) is 0 Å². The summed E-state index contributed by atoms with van der Waals surface area (Å²) in [5.41, 5.74) is 2.76. The van der Waals surface area contributed by atoms with Gasteiger partial charge in [-0.25, -0.2) is 17.6 Å². The van der Waals surface area contributed by atoms with E-state index >= 15 is 8.78 Å². The molecule has 2 aliphatic carbocycles. The summed E-state index contributed by atoms with van der Waals surface area (Å²) >= 11 is 0. The summed E-state index contributed by atoms with van der Waals surface area (Å²) in [5.74, 6) is -6.47. The monoisotopic (exact) mass is 624 g/mol. The van der Waals surface area contributed by atoms with Crippen LogP contribution in [0.5, 0.6) is 5.75 Å². The number of ether oxygens (including phenoxy) is 1. The maximum Gasteiger partial charge on any atom is 0.573 e. The molecule has 1 atom stereocenters. The van der Waals surface area contributed by atoms with E-state index in [9.17, 15) is 26.3 Å². The predicted octanol–water partition coefficient (Wildman–Crippen LogP) is 10.8. The highest BCUT2D eigenvalue weighted by atomic mass is 19.4. The number of benzene rings is 3.